The van der Waals surface area contributed by atoms with Crippen molar-refractivity contribution in [3.63, 3.8) is 0 Å². The average Bonchev–Trinajstić information content (AvgIpc) is 2.83. The highest BCUT2D eigenvalue weighted by atomic mass is 16.5. The van der Waals surface area contributed by atoms with Crippen LogP contribution in [0.2, 0.25) is 0 Å². The summed E-state index contributed by atoms with van der Waals surface area (Å²) >= 11 is 0. The molecule has 1 aromatic carbocycles. The minimum Gasteiger partial charge on any atom is -0.493 e. The summed E-state index contributed by atoms with van der Waals surface area (Å²) in [6.45, 7) is 11.1. The smallest absolute Gasteiger partial charge is 0.255 e. The molecule has 1 aliphatic heterocycles. The lowest BCUT2D eigenvalue weighted by Gasteiger charge is -2.41. The Morgan fingerprint density at radius 1 is 1.17 bits per heavy atom. The molecular weight excluding hydrogens is 442 g/mol. The van der Waals surface area contributed by atoms with Gasteiger partial charge in [0.25, 0.3) is 5.91 Å². The van der Waals surface area contributed by atoms with Gasteiger partial charge in [-0.3, -0.25) is 9.69 Å². The molecule has 0 aromatic heterocycles. The van der Waals surface area contributed by atoms with Crippen LogP contribution in [0.25, 0.3) is 0 Å². The number of hydrogen-bond acceptors (Lipinski definition) is 6. The highest BCUT2D eigenvalue weighted by Gasteiger charge is 2.30. The van der Waals surface area contributed by atoms with Crippen molar-refractivity contribution in [3.8, 4) is 5.75 Å². The molecule has 1 fully saturated rings. The number of nitrogens with two attached hydrogens (primary N) is 1. The number of carbonyl (C=O) groups excluding carboxylic acids is 1. The van der Waals surface area contributed by atoms with E-state index in [0.717, 1.165) is 12.8 Å². The average molecular weight is 492 g/mol. The summed E-state index contributed by atoms with van der Waals surface area (Å²) < 4.78 is 10.9. The Balaban J connectivity index is 1.89. The van der Waals surface area contributed by atoms with Crippen molar-refractivity contribution >= 4 is 5.91 Å². The predicted molar refractivity (Wildman–Crippen MR) is 142 cm³/mol. The van der Waals surface area contributed by atoms with E-state index in [4.69, 9.17) is 15.2 Å². The van der Waals surface area contributed by atoms with Gasteiger partial charge in [-0.2, -0.15) is 0 Å². The highest BCUT2D eigenvalue weighted by Crippen LogP contribution is 2.24. The first-order valence-corrected chi connectivity index (χ1v) is 13.4. The lowest BCUT2D eigenvalue weighted by molar-refractivity contribution is 0.0261. The number of piperidine rings is 1. The molecule has 7 nitrogen and oxygen atoms in total. The van der Waals surface area contributed by atoms with E-state index in [1.54, 1.807) is 13.2 Å². The van der Waals surface area contributed by atoms with Crippen LogP contribution in [0.1, 0.15) is 76.6 Å². The summed E-state index contributed by atoms with van der Waals surface area (Å²) in [7, 11) is 1.69. The van der Waals surface area contributed by atoms with Gasteiger partial charge in [0, 0.05) is 44.9 Å². The molecule has 0 saturated carbocycles. The highest BCUT2D eigenvalue weighted by molar-refractivity contribution is 5.96. The molecule has 1 amide bonds. The first-order valence-electron chi connectivity index (χ1n) is 13.4. The van der Waals surface area contributed by atoms with Crippen molar-refractivity contribution in [2.75, 3.05) is 33.4 Å². The fourth-order valence-electron chi connectivity index (χ4n) is 4.91. The number of carbonyl (C=O) groups is 1. The third-order valence-electron chi connectivity index (χ3n) is 7.44. The zero-order valence-corrected chi connectivity index (χ0v) is 22.5. The van der Waals surface area contributed by atoms with Crippen molar-refractivity contribution in [3.05, 3.63) is 29.8 Å². The quantitative estimate of drug-likeness (QED) is 0.323. The Kier molecular flexibility index (Phi) is 13.0. The van der Waals surface area contributed by atoms with Gasteiger partial charge in [-0.1, -0.05) is 32.4 Å². The zero-order valence-electron chi connectivity index (χ0n) is 22.5. The van der Waals surface area contributed by atoms with Crippen LogP contribution in [0, 0.1) is 11.8 Å². The number of nitrogens with zero attached hydrogens (tertiary/aromatic N) is 1. The van der Waals surface area contributed by atoms with Gasteiger partial charge in [-0.15, -0.1) is 0 Å². The van der Waals surface area contributed by atoms with Crippen molar-refractivity contribution in [1.82, 2.24) is 10.2 Å². The number of unbranched alkanes of at least 4 members (excludes halogenated alkanes) is 1. The Labute approximate surface area is 212 Å². The topological polar surface area (TPSA) is 97.0 Å². The van der Waals surface area contributed by atoms with Crippen LogP contribution < -0.4 is 15.8 Å². The fraction of sp³-hybridized carbons (Fsp3) is 0.750. The molecule has 1 heterocycles. The van der Waals surface area contributed by atoms with E-state index in [2.05, 4.69) is 37.9 Å². The lowest BCUT2D eigenvalue weighted by Crippen LogP contribution is -2.52. The summed E-state index contributed by atoms with van der Waals surface area (Å²) in [5.41, 5.74) is 7.02. The Morgan fingerprint density at radius 2 is 1.83 bits per heavy atom. The van der Waals surface area contributed by atoms with Crippen molar-refractivity contribution in [2.45, 2.75) is 90.4 Å². The third-order valence-corrected chi connectivity index (χ3v) is 7.44. The second-order valence-electron chi connectivity index (χ2n) is 10.6. The lowest BCUT2D eigenvalue weighted by atomic mass is 9.87. The molecule has 35 heavy (non-hydrogen) atoms. The molecule has 0 radical (unpaired) electrons. The maximum Gasteiger partial charge on any atom is 0.255 e. The third kappa shape index (κ3) is 9.71. The van der Waals surface area contributed by atoms with Gasteiger partial charge in [0.1, 0.15) is 5.75 Å². The van der Waals surface area contributed by atoms with E-state index < -0.39 is 6.10 Å². The Morgan fingerprint density at radius 3 is 2.49 bits per heavy atom. The number of rotatable bonds is 15. The normalized spacial score (nSPS) is 21.5. The first-order chi connectivity index (χ1) is 16.7. The molecule has 0 aliphatic carbocycles. The minimum absolute atomic E-state index is 0.145. The van der Waals surface area contributed by atoms with Gasteiger partial charge < -0.3 is 25.6 Å². The number of hydrogen-bond donors (Lipinski definition) is 3. The second-order valence-corrected chi connectivity index (χ2v) is 10.6. The minimum atomic E-state index is -0.581. The van der Waals surface area contributed by atoms with E-state index in [0.29, 0.717) is 62.0 Å². The summed E-state index contributed by atoms with van der Waals surface area (Å²) in [6.07, 6.45) is 5.46. The number of methoxy groups -OCH3 is 1. The van der Waals surface area contributed by atoms with Gasteiger partial charge in [-0.05, 0) is 69.9 Å². The molecule has 4 N–H and O–H groups in total. The predicted octanol–water partition coefficient (Wildman–Crippen LogP) is 3.84. The maximum atomic E-state index is 13.0. The number of β-amino-alcohol motifs (C(OH)–C–C–N with tert-alkyl or cyclic N) is 1. The number of nitrogens with one attached hydrogen (secondary N) is 1. The summed E-state index contributed by atoms with van der Waals surface area (Å²) in [6, 6.07) is 7.97. The number of ether oxygens (including phenoxy) is 2. The van der Waals surface area contributed by atoms with Crippen LogP contribution in [-0.4, -0.2) is 73.6 Å². The standard InChI is InChI=1S/C28H49N3O4/c1-20(2)23(17-25(29)26(32)19-31-21(3)11-10-12-22(31)4)18-30-28(33)24-13-6-7-14-27(24)35-16-9-8-15-34-5/h6-7,13-14,20-23,25-26,32H,8-12,15-19,29H2,1-5H3,(H,30,33)/t21-,22+,23?,25?,26?. The molecule has 0 bridgehead atoms. The van der Waals surface area contributed by atoms with Crippen molar-refractivity contribution in [2.24, 2.45) is 17.6 Å². The van der Waals surface area contributed by atoms with Crippen LogP contribution in [0.15, 0.2) is 24.3 Å². The summed E-state index contributed by atoms with van der Waals surface area (Å²) in [5, 5.41) is 14.0. The molecule has 5 atom stereocenters. The van der Waals surface area contributed by atoms with Gasteiger partial charge in [-0.25, -0.2) is 0 Å². The molecule has 2 rings (SSSR count). The van der Waals surface area contributed by atoms with E-state index in [1.165, 1.54) is 19.3 Å². The maximum absolute atomic E-state index is 13.0. The SMILES string of the molecule is COCCCCOc1ccccc1C(=O)NCC(CC(N)C(O)CN1[C@H](C)CCC[C@@H]1C)C(C)C. The largest absolute Gasteiger partial charge is 0.493 e. The monoisotopic (exact) mass is 491 g/mol. The molecule has 7 heteroatoms. The molecule has 0 spiro atoms. The van der Waals surface area contributed by atoms with Gasteiger partial charge in [0.2, 0.25) is 0 Å². The Hall–Kier alpha value is -1.67. The van der Waals surface area contributed by atoms with Crippen LogP contribution >= 0.6 is 0 Å². The number of para-hydroxylation sites is 1. The van der Waals surface area contributed by atoms with E-state index >= 15 is 0 Å². The van der Waals surface area contributed by atoms with Gasteiger partial charge in [0.05, 0.1) is 18.3 Å². The molecular formula is C28H49N3O4. The van der Waals surface area contributed by atoms with Crippen LogP contribution in [0.5, 0.6) is 5.75 Å². The molecule has 1 aromatic rings. The summed E-state index contributed by atoms with van der Waals surface area (Å²) in [4.78, 5) is 15.4. The number of aliphatic hydroxyl groups is 1. The fourth-order valence-corrected chi connectivity index (χ4v) is 4.91. The van der Waals surface area contributed by atoms with Crippen molar-refractivity contribution in [1.29, 1.82) is 0 Å². The number of aliphatic hydroxyl groups excluding tert-OH is 1. The molecule has 200 valence electrons. The molecule has 1 saturated heterocycles. The van der Waals surface area contributed by atoms with E-state index in [1.807, 2.05) is 18.2 Å². The van der Waals surface area contributed by atoms with E-state index in [-0.39, 0.29) is 17.9 Å². The molecule has 1 aliphatic rings. The van der Waals surface area contributed by atoms with Crippen molar-refractivity contribution < 1.29 is 19.4 Å². The van der Waals surface area contributed by atoms with Crippen LogP contribution in [0.3, 0.4) is 0 Å². The van der Waals surface area contributed by atoms with E-state index in [9.17, 15) is 9.90 Å². The number of likely N-dealkylation sites (tertiary alicyclic amines) is 1. The Bertz CT molecular complexity index is 735. The van der Waals surface area contributed by atoms with Gasteiger partial charge in [0.15, 0.2) is 0 Å². The summed E-state index contributed by atoms with van der Waals surface area (Å²) in [5.74, 6) is 0.948. The number of amides is 1. The van der Waals surface area contributed by atoms with Crippen LogP contribution in [-0.2, 0) is 4.74 Å². The first kappa shape index (κ1) is 29.6. The van der Waals surface area contributed by atoms with Gasteiger partial charge >= 0.3 is 0 Å². The number of benzene rings is 1. The van der Waals surface area contributed by atoms with Crippen LogP contribution in [0.4, 0.5) is 0 Å². The molecule has 3 unspecified atom stereocenters. The second kappa shape index (κ2) is 15.4. The zero-order chi connectivity index (χ0) is 25.8.